The third-order valence-electron chi connectivity index (χ3n) is 4.65. The third-order valence-corrected chi connectivity index (χ3v) is 4.65. The highest BCUT2D eigenvalue weighted by atomic mass is 127. The van der Waals surface area contributed by atoms with E-state index in [1.54, 1.807) is 14.2 Å². The lowest BCUT2D eigenvalue weighted by Gasteiger charge is -2.33. The lowest BCUT2D eigenvalue weighted by molar-refractivity contribution is -0.146. The summed E-state index contributed by atoms with van der Waals surface area (Å²) in [5.41, 5.74) is 1.13. The fourth-order valence-corrected chi connectivity index (χ4v) is 3.15. The van der Waals surface area contributed by atoms with Gasteiger partial charge in [0.2, 0.25) is 0 Å². The number of rotatable bonds is 8. The van der Waals surface area contributed by atoms with Crippen LogP contribution in [0.5, 0.6) is 5.75 Å². The molecule has 0 amide bonds. The Labute approximate surface area is 184 Å². The number of methoxy groups -OCH3 is 2. The van der Waals surface area contributed by atoms with Crippen molar-refractivity contribution in [3.8, 4) is 5.75 Å². The highest BCUT2D eigenvalue weighted by Crippen LogP contribution is 2.19. The molecule has 0 atom stereocenters. The van der Waals surface area contributed by atoms with Crippen molar-refractivity contribution in [1.29, 1.82) is 0 Å². The first kappa shape index (κ1) is 24.5. The molecule has 158 valence electrons. The summed E-state index contributed by atoms with van der Waals surface area (Å²) in [6.45, 7) is 3.59. The van der Waals surface area contributed by atoms with Crippen LogP contribution in [0.25, 0.3) is 0 Å². The molecular weight excluding hydrogens is 473 g/mol. The first-order chi connectivity index (χ1) is 13.2. The third kappa shape index (κ3) is 7.83. The van der Waals surface area contributed by atoms with E-state index in [-0.39, 0.29) is 35.9 Å². The molecule has 0 aromatic heterocycles. The molecule has 0 spiro atoms. The number of benzene rings is 1. The number of hydrogen-bond acceptors (Lipinski definition) is 5. The Balaban J connectivity index is 0.00000392. The summed E-state index contributed by atoms with van der Waals surface area (Å²) in [5, 5.41) is 3.40. The molecule has 1 N–H and O–H groups in total. The van der Waals surface area contributed by atoms with E-state index in [1.165, 1.54) is 7.11 Å². The van der Waals surface area contributed by atoms with Gasteiger partial charge in [-0.25, -0.2) is 0 Å². The van der Waals surface area contributed by atoms with E-state index >= 15 is 0 Å². The second kappa shape index (κ2) is 13.6. The summed E-state index contributed by atoms with van der Waals surface area (Å²) in [4.78, 5) is 18.2. The van der Waals surface area contributed by atoms with Gasteiger partial charge in [0, 0.05) is 46.8 Å². The van der Waals surface area contributed by atoms with Crippen LogP contribution >= 0.6 is 24.0 Å². The van der Waals surface area contributed by atoms with Gasteiger partial charge in [0.1, 0.15) is 5.75 Å². The van der Waals surface area contributed by atoms with E-state index < -0.39 is 0 Å². The lowest BCUT2D eigenvalue weighted by Crippen LogP contribution is -2.46. The Kier molecular flexibility index (Phi) is 11.9. The van der Waals surface area contributed by atoms with E-state index in [1.807, 2.05) is 18.2 Å². The van der Waals surface area contributed by atoms with Crippen LogP contribution in [-0.2, 0) is 20.8 Å². The molecule has 1 fully saturated rings. The molecule has 28 heavy (non-hydrogen) atoms. The second-order valence-corrected chi connectivity index (χ2v) is 6.53. The number of hydrogen-bond donors (Lipinski definition) is 1. The molecule has 2 rings (SSSR count). The van der Waals surface area contributed by atoms with Crippen molar-refractivity contribution in [2.45, 2.75) is 25.8 Å². The van der Waals surface area contributed by atoms with Crippen LogP contribution in [0.3, 0.4) is 0 Å². The van der Waals surface area contributed by atoms with Gasteiger partial charge in [-0.1, -0.05) is 12.1 Å². The zero-order chi connectivity index (χ0) is 19.5. The molecule has 1 aliphatic heterocycles. The van der Waals surface area contributed by atoms with Gasteiger partial charge in [0.15, 0.2) is 5.96 Å². The van der Waals surface area contributed by atoms with Crippen LogP contribution in [0.15, 0.2) is 29.3 Å². The number of ether oxygens (including phenoxy) is 3. The number of carbonyl (C=O) groups is 1. The minimum atomic E-state index is -0.111. The van der Waals surface area contributed by atoms with Crippen LogP contribution < -0.4 is 10.1 Å². The summed E-state index contributed by atoms with van der Waals surface area (Å²) >= 11 is 0. The minimum Gasteiger partial charge on any atom is -0.493 e. The van der Waals surface area contributed by atoms with Crippen LogP contribution in [0.2, 0.25) is 0 Å². The Bertz CT molecular complexity index is 619. The van der Waals surface area contributed by atoms with Gasteiger partial charge in [-0.2, -0.15) is 0 Å². The number of halogens is 1. The number of guanidine groups is 1. The number of aliphatic imine (C=N–C) groups is 1. The summed E-state index contributed by atoms with van der Waals surface area (Å²) in [7, 11) is 4.92. The molecule has 1 aromatic carbocycles. The summed E-state index contributed by atoms with van der Waals surface area (Å²) in [5.74, 6) is 1.60. The zero-order valence-electron chi connectivity index (χ0n) is 17.0. The van der Waals surface area contributed by atoms with Crippen LogP contribution in [0.1, 0.15) is 24.8 Å². The molecule has 0 unspecified atom stereocenters. The Morgan fingerprint density at radius 3 is 2.64 bits per heavy atom. The van der Waals surface area contributed by atoms with Crippen LogP contribution in [0.4, 0.5) is 0 Å². The van der Waals surface area contributed by atoms with Crippen molar-refractivity contribution in [3.05, 3.63) is 29.8 Å². The standard InChI is InChI=1S/C20H31N3O4.HI/c1-21-20(23-10-8-17(9-11-23)19(24)26-3)22-15-16-6-4-7-18(14-16)27-13-5-12-25-2;/h4,6-7,14,17H,5,8-13,15H2,1-3H3,(H,21,22);1H. The summed E-state index contributed by atoms with van der Waals surface area (Å²) < 4.78 is 15.6. The summed E-state index contributed by atoms with van der Waals surface area (Å²) in [6, 6.07) is 8.05. The smallest absolute Gasteiger partial charge is 0.308 e. The molecule has 1 heterocycles. The first-order valence-electron chi connectivity index (χ1n) is 9.42. The number of piperidine rings is 1. The van der Waals surface area contributed by atoms with Gasteiger partial charge < -0.3 is 24.4 Å². The van der Waals surface area contributed by atoms with E-state index in [2.05, 4.69) is 21.3 Å². The van der Waals surface area contributed by atoms with Crippen molar-refractivity contribution in [3.63, 3.8) is 0 Å². The van der Waals surface area contributed by atoms with E-state index in [4.69, 9.17) is 14.2 Å². The second-order valence-electron chi connectivity index (χ2n) is 6.53. The van der Waals surface area contributed by atoms with Gasteiger partial charge in [-0.3, -0.25) is 9.79 Å². The molecule has 0 bridgehead atoms. The average Bonchev–Trinajstić information content (AvgIpc) is 2.72. The number of carbonyl (C=O) groups excluding carboxylic acids is 1. The maximum atomic E-state index is 11.7. The Morgan fingerprint density at radius 2 is 2.00 bits per heavy atom. The van der Waals surface area contributed by atoms with Gasteiger partial charge >= 0.3 is 5.97 Å². The van der Waals surface area contributed by atoms with Crippen molar-refractivity contribution in [1.82, 2.24) is 10.2 Å². The topological polar surface area (TPSA) is 72.4 Å². The normalized spacial score (nSPS) is 15.0. The quantitative estimate of drug-likeness (QED) is 0.193. The fourth-order valence-electron chi connectivity index (χ4n) is 3.15. The zero-order valence-corrected chi connectivity index (χ0v) is 19.3. The predicted octanol–water partition coefficient (Wildman–Crippen LogP) is 2.68. The van der Waals surface area contributed by atoms with E-state index in [0.29, 0.717) is 19.8 Å². The monoisotopic (exact) mass is 505 g/mol. The van der Waals surface area contributed by atoms with Crippen LogP contribution in [0, 0.1) is 5.92 Å². The maximum Gasteiger partial charge on any atom is 0.308 e. The lowest BCUT2D eigenvalue weighted by atomic mass is 9.97. The number of nitrogens with zero attached hydrogens (tertiary/aromatic N) is 2. The number of likely N-dealkylation sites (tertiary alicyclic amines) is 1. The molecule has 0 radical (unpaired) electrons. The fraction of sp³-hybridized carbons (Fsp3) is 0.600. The highest BCUT2D eigenvalue weighted by molar-refractivity contribution is 14.0. The van der Waals surface area contributed by atoms with Crippen molar-refractivity contribution in [2.75, 3.05) is 47.6 Å². The first-order valence-corrected chi connectivity index (χ1v) is 9.42. The molecule has 1 aromatic rings. The van der Waals surface area contributed by atoms with Gasteiger partial charge in [0.25, 0.3) is 0 Å². The largest absolute Gasteiger partial charge is 0.493 e. The average molecular weight is 505 g/mol. The van der Waals surface area contributed by atoms with Gasteiger partial charge in [-0.05, 0) is 30.5 Å². The van der Waals surface area contributed by atoms with E-state index in [9.17, 15) is 4.79 Å². The molecule has 7 nitrogen and oxygen atoms in total. The van der Waals surface area contributed by atoms with Crippen molar-refractivity contribution in [2.24, 2.45) is 10.9 Å². The van der Waals surface area contributed by atoms with Gasteiger partial charge in [-0.15, -0.1) is 24.0 Å². The molecule has 8 heteroatoms. The Hall–Kier alpha value is -1.55. The van der Waals surface area contributed by atoms with Gasteiger partial charge in [0.05, 0.1) is 19.6 Å². The minimum absolute atomic E-state index is 0. The molecular formula is C20H32IN3O4. The number of esters is 1. The summed E-state index contributed by atoms with van der Waals surface area (Å²) in [6.07, 6.45) is 2.45. The predicted molar refractivity (Wildman–Crippen MR) is 120 cm³/mol. The number of nitrogens with one attached hydrogen (secondary N) is 1. The maximum absolute atomic E-state index is 11.7. The van der Waals surface area contributed by atoms with Crippen LogP contribution in [-0.4, -0.2) is 64.4 Å². The van der Waals surface area contributed by atoms with Crippen molar-refractivity contribution >= 4 is 35.9 Å². The van der Waals surface area contributed by atoms with E-state index in [0.717, 1.165) is 49.6 Å². The molecule has 0 saturated carbocycles. The Morgan fingerprint density at radius 1 is 1.25 bits per heavy atom. The highest BCUT2D eigenvalue weighted by Gasteiger charge is 2.26. The molecule has 1 saturated heterocycles. The molecule has 0 aliphatic carbocycles. The van der Waals surface area contributed by atoms with Crippen molar-refractivity contribution < 1.29 is 19.0 Å². The SMILES string of the molecule is CN=C(NCc1cccc(OCCCOC)c1)N1CCC(C(=O)OC)CC1.I. The molecule has 1 aliphatic rings.